The van der Waals surface area contributed by atoms with Gasteiger partial charge in [-0.15, -0.1) is 0 Å². The molecule has 0 radical (unpaired) electrons. The molecule has 1 N–H and O–H groups in total. The highest BCUT2D eigenvalue weighted by Gasteiger charge is 2.07. The number of hydrogen-bond acceptors (Lipinski definition) is 5. The molecule has 2 aromatic rings. The number of hydrogen-bond donors (Lipinski definition) is 1. The average molecular weight is 326 g/mol. The van der Waals surface area contributed by atoms with Crippen molar-refractivity contribution in [2.24, 2.45) is 5.10 Å². The van der Waals surface area contributed by atoms with Gasteiger partial charge in [-0.25, -0.2) is 5.43 Å². The van der Waals surface area contributed by atoms with Crippen molar-refractivity contribution in [1.29, 1.82) is 0 Å². The smallest absolute Gasteiger partial charge is 0.308 e. The van der Waals surface area contributed by atoms with Crippen LogP contribution in [0.5, 0.6) is 11.5 Å². The quantitative estimate of drug-likeness (QED) is 0.382. The van der Waals surface area contributed by atoms with E-state index in [-0.39, 0.29) is 12.3 Å². The lowest BCUT2D eigenvalue weighted by Gasteiger charge is -2.08. The zero-order chi connectivity index (χ0) is 17.4. The van der Waals surface area contributed by atoms with Crippen LogP contribution in [0.2, 0.25) is 0 Å². The first-order chi connectivity index (χ1) is 11.6. The summed E-state index contributed by atoms with van der Waals surface area (Å²) in [6, 6.07) is 14.4. The van der Waals surface area contributed by atoms with Gasteiger partial charge in [-0.1, -0.05) is 30.3 Å². The maximum atomic E-state index is 11.8. The zero-order valence-electron chi connectivity index (χ0n) is 13.5. The lowest BCUT2D eigenvalue weighted by molar-refractivity contribution is -0.132. The van der Waals surface area contributed by atoms with Crippen molar-refractivity contribution < 1.29 is 19.1 Å². The summed E-state index contributed by atoms with van der Waals surface area (Å²) in [6.45, 7) is 1.32. The van der Waals surface area contributed by atoms with Crippen LogP contribution < -0.4 is 14.9 Å². The Labute approximate surface area is 140 Å². The summed E-state index contributed by atoms with van der Waals surface area (Å²) in [7, 11) is 1.48. The maximum Gasteiger partial charge on any atom is 0.308 e. The van der Waals surface area contributed by atoms with Crippen LogP contribution >= 0.6 is 0 Å². The van der Waals surface area contributed by atoms with Gasteiger partial charge in [0, 0.05) is 6.92 Å². The van der Waals surface area contributed by atoms with Crippen LogP contribution in [0.4, 0.5) is 0 Å². The fourth-order valence-corrected chi connectivity index (χ4v) is 2.00. The highest BCUT2D eigenvalue weighted by molar-refractivity contribution is 5.84. The monoisotopic (exact) mass is 326 g/mol. The van der Waals surface area contributed by atoms with Gasteiger partial charge < -0.3 is 9.47 Å². The van der Waals surface area contributed by atoms with E-state index >= 15 is 0 Å². The zero-order valence-corrected chi connectivity index (χ0v) is 13.5. The van der Waals surface area contributed by atoms with E-state index in [0.29, 0.717) is 17.1 Å². The molecule has 0 aromatic heterocycles. The van der Waals surface area contributed by atoms with Crippen LogP contribution in [0, 0.1) is 0 Å². The topological polar surface area (TPSA) is 77.0 Å². The molecular formula is C18H18N2O4. The van der Waals surface area contributed by atoms with Crippen LogP contribution in [-0.4, -0.2) is 25.2 Å². The van der Waals surface area contributed by atoms with Crippen LogP contribution in [-0.2, 0) is 16.0 Å². The maximum absolute atomic E-state index is 11.8. The van der Waals surface area contributed by atoms with Crippen LogP contribution in [0.25, 0.3) is 0 Å². The number of hydrazone groups is 1. The molecule has 0 heterocycles. The number of nitrogens with one attached hydrogen (secondary N) is 1. The number of rotatable bonds is 6. The summed E-state index contributed by atoms with van der Waals surface area (Å²) in [5.74, 6) is 0.101. The van der Waals surface area contributed by atoms with Gasteiger partial charge in [-0.3, -0.25) is 9.59 Å². The molecule has 124 valence electrons. The Hall–Kier alpha value is -3.15. The lowest BCUT2D eigenvalue weighted by Crippen LogP contribution is -2.19. The second-order valence-corrected chi connectivity index (χ2v) is 4.96. The van der Waals surface area contributed by atoms with Crippen molar-refractivity contribution in [2.45, 2.75) is 13.3 Å². The number of amides is 1. The van der Waals surface area contributed by atoms with Crippen molar-refractivity contribution >= 4 is 18.1 Å². The van der Waals surface area contributed by atoms with E-state index in [1.807, 2.05) is 30.3 Å². The van der Waals surface area contributed by atoms with E-state index in [1.165, 1.54) is 20.2 Å². The summed E-state index contributed by atoms with van der Waals surface area (Å²) in [6.07, 6.45) is 1.75. The normalized spacial score (nSPS) is 10.4. The Morgan fingerprint density at radius 2 is 1.88 bits per heavy atom. The number of carbonyl (C=O) groups is 2. The third-order valence-corrected chi connectivity index (χ3v) is 3.05. The second-order valence-electron chi connectivity index (χ2n) is 4.96. The number of esters is 1. The molecule has 0 aliphatic rings. The number of nitrogens with zero attached hydrogens (tertiary/aromatic N) is 1. The minimum absolute atomic E-state index is 0.207. The Morgan fingerprint density at radius 1 is 1.12 bits per heavy atom. The highest BCUT2D eigenvalue weighted by Crippen LogP contribution is 2.27. The third-order valence-electron chi connectivity index (χ3n) is 3.05. The van der Waals surface area contributed by atoms with Gasteiger partial charge in [0.15, 0.2) is 11.5 Å². The third kappa shape index (κ3) is 5.24. The molecule has 2 aromatic carbocycles. The molecule has 0 aliphatic carbocycles. The first-order valence-electron chi connectivity index (χ1n) is 7.31. The Balaban J connectivity index is 1.96. The highest BCUT2D eigenvalue weighted by atomic mass is 16.6. The van der Waals surface area contributed by atoms with E-state index < -0.39 is 5.97 Å². The van der Waals surface area contributed by atoms with Crippen molar-refractivity contribution in [1.82, 2.24) is 5.43 Å². The molecule has 0 aliphatic heterocycles. The fraction of sp³-hybridized carbons (Fsp3) is 0.167. The van der Waals surface area contributed by atoms with Crippen molar-refractivity contribution in [2.75, 3.05) is 7.11 Å². The molecular weight excluding hydrogens is 308 g/mol. The molecule has 0 spiro atoms. The predicted octanol–water partition coefficient (Wildman–Crippen LogP) is 2.31. The van der Waals surface area contributed by atoms with E-state index in [1.54, 1.807) is 18.2 Å². The van der Waals surface area contributed by atoms with Crippen LogP contribution in [0.15, 0.2) is 53.6 Å². The van der Waals surface area contributed by atoms with Gasteiger partial charge in [0.25, 0.3) is 0 Å². The minimum Gasteiger partial charge on any atom is -0.493 e. The molecule has 1 amide bonds. The van der Waals surface area contributed by atoms with Crippen LogP contribution in [0.3, 0.4) is 0 Å². The van der Waals surface area contributed by atoms with E-state index in [4.69, 9.17) is 9.47 Å². The first kappa shape index (κ1) is 17.2. The van der Waals surface area contributed by atoms with E-state index in [0.717, 1.165) is 5.56 Å². The fourth-order valence-electron chi connectivity index (χ4n) is 2.00. The molecule has 24 heavy (non-hydrogen) atoms. The Morgan fingerprint density at radius 3 is 2.54 bits per heavy atom. The second kappa shape index (κ2) is 8.47. The van der Waals surface area contributed by atoms with Crippen molar-refractivity contribution in [3.05, 3.63) is 59.7 Å². The van der Waals surface area contributed by atoms with Gasteiger partial charge >= 0.3 is 5.97 Å². The summed E-state index contributed by atoms with van der Waals surface area (Å²) in [5, 5.41) is 3.92. The van der Waals surface area contributed by atoms with Crippen molar-refractivity contribution in [3.8, 4) is 11.5 Å². The van der Waals surface area contributed by atoms with Crippen LogP contribution in [0.1, 0.15) is 18.1 Å². The number of carbonyl (C=O) groups excluding carboxylic acids is 2. The average Bonchev–Trinajstić information content (AvgIpc) is 2.56. The molecule has 0 saturated carbocycles. The molecule has 0 fully saturated rings. The summed E-state index contributed by atoms with van der Waals surface area (Å²) < 4.78 is 10.2. The molecule has 0 bridgehead atoms. The Kier molecular flexibility index (Phi) is 6.08. The van der Waals surface area contributed by atoms with E-state index in [9.17, 15) is 9.59 Å². The molecule has 6 heteroatoms. The van der Waals surface area contributed by atoms with Gasteiger partial charge in [-0.05, 0) is 29.3 Å². The van der Waals surface area contributed by atoms with Gasteiger partial charge in [0.05, 0.1) is 19.7 Å². The van der Waals surface area contributed by atoms with Gasteiger partial charge in [0.2, 0.25) is 5.91 Å². The Bertz CT molecular complexity index is 742. The molecule has 0 unspecified atom stereocenters. The summed E-state index contributed by atoms with van der Waals surface area (Å²) in [4.78, 5) is 22.8. The molecule has 0 saturated heterocycles. The number of methoxy groups -OCH3 is 1. The SMILES string of the molecule is COc1cc(/C=N\NC(=O)Cc2ccccc2)ccc1OC(C)=O. The van der Waals surface area contributed by atoms with Gasteiger partial charge in [-0.2, -0.15) is 5.10 Å². The summed E-state index contributed by atoms with van der Waals surface area (Å²) in [5.41, 5.74) is 4.08. The largest absolute Gasteiger partial charge is 0.493 e. The predicted molar refractivity (Wildman–Crippen MR) is 90.2 cm³/mol. The molecule has 6 nitrogen and oxygen atoms in total. The molecule has 2 rings (SSSR count). The molecule has 0 atom stereocenters. The van der Waals surface area contributed by atoms with Gasteiger partial charge in [0.1, 0.15) is 0 Å². The van der Waals surface area contributed by atoms with Crippen molar-refractivity contribution in [3.63, 3.8) is 0 Å². The lowest BCUT2D eigenvalue weighted by atomic mass is 10.1. The number of ether oxygens (including phenoxy) is 2. The minimum atomic E-state index is -0.428. The first-order valence-corrected chi connectivity index (χ1v) is 7.31. The number of benzene rings is 2. The summed E-state index contributed by atoms with van der Waals surface area (Å²) >= 11 is 0. The van der Waals surface area contributed by atoms with E-state index in [2.05, 4.69) is 10.5 Å². The standard InChI is InChI=1S/C18H18N2O4/c1-13(21)24-16-9-8-15(10-17(16)23-2)12-19-20-18(22)11-14-6-4-3-5-7-14/h3-10,12H,11H2,1-2H3,(H,20,22)/b19-12-.